The lowest BCUT2D eigenvalue weighted by atomic mass is 10.2. The number of nitrogens with one attached hydrogen (secondary N) is 1. The smallest absolute Gasteiger partial charge is 0.220 e. The van der Waals surface area contributed by atoms with E-state index < -0.39 is 0 Å². The number of hydrogen-bond donors (Lipinski definition) is 1. The maximum atomic E-state index is 10.6. The highest BCUT2D eigenvalue weighted by molar-refractivity contribution is 5.73. The van der Waals surface area contributed by atoms with Crippen LogP contribution in [-0.4, -0.2) is 12.1 Å². The van der Waals surface area contributed by atoms with Crippen LogP contribution in [0.3, 0.4) is 0 Å². The predicted molar refractivity (Wildman–Crippen MR) is 75.4 cm³/mol. The minimum Gasteiger partial charge on any atom is -0.333 e. The highest BCUT2D eigenvalue weighted by atomic mass is 16.1. The normalized spacial score (nSPS) is 11.2. The molecule has 0 fully saturated rings. The van der Waals surface area contributed by atoms with Gasteiger partial charge in [0, 0.05) is 6.92 Å². The molecule has 0 heterocycles. The Bertz CT molecular complexity index is 396. The molecule has 0 radical (unpaired) electrons. The average Bonchev–Trinajstić information content (AvgIpc) is 2.37. The Hall–Kier alpha value is -1.90. The largest absolute Gasteiger partial charge is 0.333 e. The number of hydrogen-bond acceptors (Lipinski definition) is 2. The summed E-state index contributed by atoms with van der Waals surface area (Å²) in [4.78, 5) is 14.9. The summed E-state index contributed by atoms with van der Waals surface area (Å²) in [5, 5.41) is 2.62. The lowest BCUT2D eigenvalue weighted by molar-refractivity contribution is -0.118. The Kier molecular flexibility index (Phi) is 7.21. The van der Waals surface area contributed by atoms with E-state index in [0.717, 1.165) is 25.8 Å². The van der Waals surface area contributed by atoms with Gasteiger partial charge in [-0.2, -0.15) is 0 Å². The Balaban J connectivity index is 2.04. The first-order valence-electron chi connectivity index (χ1n) is 6.23. The van der Waals surface area contributed by atoms with E-state index >= 15 is 0 Å². The van der Waals surface area contributed by atoms with Crippen molar-refractivity contribution in [3.8, 4) is 0 Å². The van der Waals surface area contributed by atoms with E-state index in [4.69, 9.17) is 0 Å². The Morgan fingerprint density at radius 1 is 1.28 bits per heavy atom. The van der Waals surface area contributed by atoms with Crippen LogP contribution in [0.25, 0.3) is 0 Å². The zero-order valence-electron chi connectivity index (χ0n) is 10.8. The van der Waals surface area contributed by atoms with E-state index in [-0.39, 0.29) is 5.91 Å². The number of aliphatic imine (C=N–C) groups is 1. The summed E-state index contributed by atoms with van der Waals surface area (Å²) in [5.41, 5.74) is 1.24. The second kappa shape index (κ2) is 9.16. The zero-order chi connectivity index (χ0) is 13.1. The molecule has 0 aromatic heterocycles. The van der Waals surface area contributed by atoms with Crippen molar-refractivity contribution in [1.29, 1.82) is 0 Å². The first-order valence-corrected chi connectivity index (χ1v) is 6.23. The van der Waals surface area contributed by atoms with Crippen molar-refractivity contribution < 1.29 is 4.79 Å². The molecule has 0 saturated carbocycles. The van der Waals surface area contributed by atoms with Gasteiger partial charge in [0.2, 0.25) is 5.91 Å². The number of rotatable bonds is 7. The fraction of sp³-hybridized carbons (Fsp3) is 0.333. The summed E-state index contributed by atoms with van der Waals surface area (Å²) < 4.78 is 0. The number of amides is 1. The average molecular weight is 244 g/mol. The molecule has 0 aliphatic carbocycles. The van der Waals surface area contributed by atoms with Crippen molar-refractivity contribution in [3.05, 3.63) is 48.2 Å². The molecule has 0 aliphatic rings. The summed E-state index contributed by atoms with van der Waals surface area (Å²) in [6.07, 6.45) is 8.61. The number of allylic oxidation sites excluding steroid dienone is 1. The Morgan fingerprint density at radius 2 is 2.06 bits per heavy atom. The fourth-order valence-electron chi connectivity index (χ4n) is 1.43. The first kappa shape index (κ1) is 14.2. The Labute approximate surface area is 109 Å². The lowest BCUT2D eigenvalue weighted by Crippen LogP contribution is -2.11. The monoisotopic (exact) mass is 244 g/mol. The molecule has 0 spiro atoms. The predicted octanol–water partition coefficient (Wildman–Crippen LogP) is 3.08. The van der Waals surface area contributed by atoms with Gasteiger partial charge in [-0.25, -0.2) is 0 Å². The molecular weight excluding hydrogens is 224 g/mol. The molecular formula is C15H20N2O. The number of carbonyl (C=O) groups is 1. The van der Waals surface area contributed by atoms with Gasteiger partial charge in [-0.1, -0.05) is 36.4 Å². The maximum absolute atomic E-state index is 10.6. The van der Waals surface area contributed by atoms with E-state index in [0.29, 0.717) is 0 Å². The van der Waals surface area contributed by atoms with Crippen molar-refractivity contribution >= 4 is 12.1 Å². The number of unbranched alkanes of at least 4 members (excludes halogenated alkanes) is 2. The molecule has 1 amide bonds. The van der Waals surface area contributed by atoms with Gasteiger partial charge in [-0.05, 0) is 37.2 Å². The third-order valence-corrected chi connectivity index (χ3v) is 2.35. The van der Waals surface area contributed by atoms with Crippen LogP contribution < -0.4 is 5.32 Å². The van der Waals surface area contributed by atoms with Gasteiger partial charge < -0.3 is 5.32 Å². The summed E-state index contributed by atoms with van der Waals surface area (Å²) in [7, 11) is 0. The third-order valence-electron chi connectivity index (χ3n) is 2.35. The quantitative estimate of drug-likeness (QED) is 0.581. The van der Waals surface area contributed by atoms with Crippen LogP contribution in [0, 0.1) is 0 Å². The minimum atomic E-state index is -0.0318. The van der Waals surface area contributed by atoms with Crippen LogP contribution in [0.4, 0.5) is 0 Å². The summed E-state index contributed by atoms with van der Waals surface area (Å²) in [6.45, 7) is 2.25. The summed E-state index contributed by atoms with van der Waals surface area (Å²) in [6, 6.07) is 10.2. The van der Waals surface area contributed by atoms with Gasteiger partial charge in [0.25, 0.3) is 0 Å². The van der Waals surface area contributed by atoms with Gasteiger partial charge in [0.1, 0.15) is 0 Å². The van der Waals surface area contributed by atoms with Gasteiger partial charge >= 0.3 is 0 Å². The van der Waals surface area contributed by atoms with Gasteiger partial charge in [-0.3, -0.25) is 9.79 Å². The summed E-state index contributed by atoms with van der Waals surface area (Å²) >= 11 is 0. The van der Waals surface area contributed by atoms with E-state index in [1.807, 2.05) is 30.5 Å². The second-order valence-corrected chi connectivity index (χ2v) is 4.04. The molecule has 0 unspecified atom stereocenters. The van der Waals surface area contributed by atoms with Crippen molar-refractivity contribution in [1.82, 2.24) is 5.32 Å². The molecule has 96 valence electrons. The molecule has 0 aliphatic heterocycles. The fourth-order valence-corrected chi connectivity index (χ4v) is 1.43. The van der Waals surface area contributed by atoms with Crippen molar-refractivity contribution in [2.24, 2.45) is 4.99 Å². The highest BCUT2D eigenvalue weighted by Gasteiger charge is 1.87. The minimum absolute atomic E-state index is 0.0318. The molecule has 0 saturated heterocycles. The lowest BCUT2D eigenvalue weighted by Gasteiger charge is -1.95. The van der Waals surface area contributed by atoms with Gasteiger partial charge in [0.05, 0.1) is 6.54 Å². The summed E-state index contributed by atoms with van der Waals surface area (Å²) in [5.74, 6) is -0.0318. The maximum Gasteiger partial charge on any atom is 0.220 e. The van der Waals surface area contributed by atoms with Crippen molar-refractivity contribution in [2.75, 3.05) is 0 Å². The number of carbonyl (C=O) groups excluding carboxylic acids is 1. The van der Waals surface area contributed by atoms with E-state index in [2.05, 4.69) is 22.4 Å². The van der Waals surface area contributed by atoms with Crippen LogP contribution in [0.1, 0.15) is 31.7 Å². The number of benzene rings is 1. The van der Waals surface area contributed by atoms with Crippen molar-refractivity contribution in [2.45, 2.75) is 32.7 Å². The van der Waals surface area contributed by atoms with Crippen molar-refractivity contribution in [3.63, 3.8) is 0 Å². The van der Waals surface area contributed by atoms with Crippen LogP contribution in [0.15, 0.2) is 47.6 Å². The number of nitrogens with zero attached hydrogens (tertiary/aromatic N) is 1. The Morgan fingerprint density at radius 3 is 2.78 bits per heavy atom. The standard InChI is InChI=1S/C15H20N2O/c1-14(18)17-12-8-3-2-7-11-16-13-15-9-5-4-6-10-15/h4-6,8-12H,2-3,7,13H2,1H3,(H,17,18)/b12-8+,16-11?. The molecule has 1 N–H and O–H groups in total. The van der Waals surface area contributed by atoms with E-state index in [1.165, 1.54) is 12.5 Å². The molecule has 3 heteroatoms. The van der Waals surface area contributed by atoms with E-state index in [9.17, 15) is 4.79 Å². The van der Waals surface area contributed by atoms with Gasteiger partial charge in [-0.15, -0.1) is 0 Å². The molecule has 0 atom stereocenters. The first-order chi connectivity index (χ1) is 8.79. The molecule has 1 aromatic carbocycles. The topological polar surface area (TPSA) is 41.5 Å². The van der Waals surface area contributed by atoms with Crippen LogP contribution in [-0.2, 0) is 11.3 Å². The van der Waals surface area contributed by atoms with E-state index in [1.54, 1.807) is 6.20 Å². The molecule has 18 heavy (non-hydrogen) atoms. The van der Waals surface area contributed by atoms with Crippen LogP contribution >= 0.6 is 0 Å². The molecule has 3 nitrogen and oxygen atoms in total. The second-order valence-electron chi connectivity index (χ2n) is 4.04. The molecule has 1 aromatic rings. The van der Waals surface area contributed by atoms with Gasteiger partial charge in [0.15, 0.2) is 0 Å². The van der Waals surface area contributed by atoms with Crippen LogP contribution in [0.2, 0.25) is 0 Å². The van der Waals surface area contributed by atoms with Crippen LogP contribution in [0.5, 0.6) is 0 Å². The molecule has 0 bridgehead atoms. The highest BCUT2D eigenvalue weighted by Crippen LogP contribution is 2.00. The molecule has 1 rings (SSSR count). The zero-order valence-corrected chi connectivity index (χ0v) is 10.8. The SMILES string of the molecule is CC(=O)N/C=C/CCCC=NCc1ccccc1. The third kappa shape index (κ3) is 7.39.